The van der Waals surface area contributed by atoms with Gasteiger partial charge in [0, 0.05) is 42.4 Å². The summed E-state index contributed by atoms with van der Waals surface area (Å²) in [6.45, 7) is 6.33. The fourth-order valence-electron chi connectivity index (χ4n) is 6.58. The van der Waals surface area contributed by atoms with Crippen LogP contribution < -0.4 is 4.74 Å². The molecule has 3 aromatic rings. The van der Waals surface area contributed by atoms with Gasteiger partial charge >= 0.3 is 0 Å². The number of aromatic nitrogens is 3. The van der Waals surface area contributed by atoms with E-state index in [1.807, 2.05) is 25.1 Å². The van der Waals surface area contributed by atoms with E-state index in [1.165, 1.54) is 41.6 Å². The summed E-state index contributed by atoms with van der Waals surface area (Å²) in [4.78, 5) is 27.4. The highest BCUT2D eigenvalue weighted by atomic mass is 19.1. The van der Waals surface area contributed by atoms with Crippen LogP contribution in [0.5, 0.6) is 5.75 Å². The molecule has 0 bridgehead atoms. The first-order chi connectivity index (χ1) is 18.8. The maximum Gasteiger partial charge on any atom is 0.254 e. The van der Waals surface area contributed by atoms with Gasteiger partial charge in [-0.2, -0.15) is 0 Å². The van der Waals surface area contributed by atoms with E-state index in [0.29, 0.717) is 25.4 Å². The van der Waals surface area contributed by atoms with Gasteiger partial charge < -0.3 is 19.1 Å². The van der Waals surface area contributed by atoms with Crippen LogP contribution in [0.3, 0.4) is 0 Å². The van der Waals surface area contributed by atoms with Crippen molar-refractivity contribution in [1.29, 1.82) is 0 Å². The summed E-state index contributed by atoms with van der Waals surface area (Å²) in [5.74, 6) is -0.283. The molecule has 1 fully saturated rings. The third-order valence-corrected chi connectivity index (χ3v) is 8.61. The minimum atomic E-state index is -0.485. The number of fused-ring (bicyclic) bond motifs is 3. The van der Waals surface area contributed by atoms with Gasteiger partial charge in [-0.3, -0.25) is 9.78 Å². The van der Waals surface area contributed by atoms with E-state index in [-0.39, 0.29) is 23.1 Å². The highest BCUT2D eigenvalue weighted by Crippen LogP contribution is 2.55. The zero-order chi connectivity index (χ0) is 27.3. The van der Waals surface area contributed by atoms with Crippen molar-refractivity contribution in [1.82, 2.24) is 24.3 Å². The van der Waals surface area contributed by atoms with Crippen molar-refractivity contribution in [3.05, 3.63) is 75.9 Å². The standard InChI is InChI=1S/C31H38FN5O2/c1-5-39-28-14-26(33-15-24(28)32)20(2)37-18-31(10-11-31)29-22(17-35(3)4)12-21(13-23(29)30(37)38)16-36-19-34-25-8-6-7-9-27(25)36/h12-15,19-20H,5-11,16-18H2,1-4H3/t20-/m0/s1. The molecule has 0 N–H and O–H groups in total. The quantitative estimate of drug-likeness (QED) is 0.407. The second kappa shape index (κ2) is 10.0. The monoisotopic (exact) mass is 531 g/mol. The Labute approximate surface area is 230 Å². The van der Waals surface area contributed by atoms with E-state index in [4.69, 9.17) is 9.72 Å². The van der Waals surface area contributed by atoms with Gasteiger partial charge in [-0.25, -0.2) is 9.37 Å². The molecule has 1 saturated carbocycles. The lowest BCUT2D eigenvalue weighted by Crippen LogP contribution is -2.45. The Kier molecular flexibility index (Phi) is 6.69. The van der Waals surface area contributed by atoms with E-state index in [2.05, 4.69) is 40.7 Å². The van der Waals surface area contributed by atoms with Crippen molar-refractivity contribution in [2.75, 3.05) is 27.2 Å². The molecule has 39 heavy (non-hydrogen) atoms. The summed E-state index contributed by atoms with van der Waals surface area (Å²) in [6.07, 6.45) is 9.81. The molecule has 2 aromatic heterocycles. The predicted molar refractivity (Wildman–Crippen MR) is 148 cm³/mol. The van der Waals surface area contributed by atoms with Gasteiger partial charge in [-0.15, -0.1) is 0 Å². The maximum atomic E-state index is 14.2. The molecule has 3 heterocycles. The first-order valence-corrected chi connectivity index (χ1v) is 14.2. The Bertz CT molecular complexity index is 1410. The number of benzene rings is 1. The SMILES string of the molecule is CCOc1cc([C@H](C)N2CC3(CC3)c3c(CN(C)C)cc(Cn4cnc5c4CCCC5)cc3C2=O)ncc1F. The molecule has 7 nitrogen and oxygen atoms in total. The molecule has 3 aliphatic rings. The molecule has 8 heteroatoms. The second-order valence-electron chi connectivity index (χ2n) is 11.8. The van der Waals surface area contributed by atoms with E-state index in [0.717, 1.165) is 43.4 Å². The molecule has 6 rings (SSSR count). The highest BCUT2D eigenvalue weighted by molar-refractivity contribution is 5.98. The lowest BCUT2D eigenvalue weighted by atomic mass is 9.81. The van der Waals surface area contributed by atoms with Gasteiger partial charge in [0.05, 0.1) is 36.6 Å². The Morgan fingerprint density at radius 2 is 1.95 bits per heavy atom. The highest BCUT2D eigenvalue weighted by Gasteiger charge is 2.53. The third kappa shape index (κ3) is 4.73. The number of carbonyl (C=O) groups excluding carboxylic acids is 1. The number of hydrogen-bond acceptors (Lipinski definition) is 5. The Morgan fingerprint density at radius 1 is 1.15 bits per heavy atom. The van der Waals surface area contributed by atoms with E-state index < -0.39 is 5.82 Å². The van der Waals surface area contributed by atoms with Crippen LogP contribution in [-0.2, 0) is 31.3 Å². The average molecular weight is 532 g/mol. The zero-order valence-electron chi connectivity index (χ0n) is 23.5. The van der Waals surface area contributed by atoms with Crippen LogP contribution in [0.15, 0.2) is 30.7 Å². The summed E-state index contributed by atoms with van der Waals surface area (Å²) in [5, 5.41) is 0. The minimum Gasteiger partial charge on any atom is -0.491 e. The largest absolute Gasteiger partial charge is 0.491 e. The van der Waals surface area contributed by atoms with Crippen molar-refractivity contribution in [3.8, 4) is 5.75 Å². The molecule has 1 aromatic carbocycles. The average Bonchev–Trinajstić information content (AvgIpc) is 3.57. The van der Waals surface area contributed by atoms with E-state index >= 15 is 0 Å². The van der Waals surface area contributed by atoms with Gasteiger partial charge in [0.1, 0.15) is 0 Å². The van der Waals surface area contributed by atoms with Crippen LogP contribution >= 0.6 is 0 Å². The first-order valence-electron chi connectivity index (χ1n) is 14.2. The van der Waals surface area contributed by atoms with Crippen LogP contribution in [0.25, 0.3) is 0 Å². The number of nitrogens with zero attached hydrogens (tertiary/aromatic N) is 5. The molecule has 1 spiro atoms. The van der Waals surface area contributed by atoms with Crippen molar-refractivity contribution in [2.24, 2.45) is 0 Å². The van der Waals surface area contributed by atoms with E-state index in [1.54, 1.807) is 6.07 Å². The van der Waals surface area contributed by atoms with Crippen LogP contribution in [0, 0.1) is 5.82 Å². The predicted octanol–water partition coefficient (Wildman–Crippen LogP) is 5.05. The first kappa shape index (κ1) is 26.0. The van der Waals surface area contributed by atoms with Gasteiger partial charge in [-0.1, -0.05) is 6.07 Å². The molecule has 0 radical (unpaired) electrons. The number of aryl methyl sites for hydroxylation is 1. The lowest BCUT2D eigenvalue weighted by Gasteiger charge is -2.40. The molecule has 206 valence electrons. The normalized spacial score (nSPS) is 18.3. The molecule has 0 saturated heterocycles. The molecule has 1 aliphatic heterocycles. The molecule has 1 atom stereocenters. The second-order valence-corrected chi connectivity index (χ2v) is 11.8. The Hall–Kier alpha value is -3.26. The number of amides is 1. The van der Waals surface area contributed by atoms with Crippen LogP contribution in [0.4, 0.5) is 4.39 Å². The van der Waals surface area contributed by atoms with Gasteiger partial charge in [-0.05, 0) is 89.2 Å². The summed E-state index contributed by atoms with van der Waals surface area (Å²) >= 11 is 0. The van der Waals surface area contributed by atoms with Crippen LogP contribution in [0.2, 0.25) is 0 Å². The summed E-state index contributed by atoms with van der Waals surface area (Å²) in [7, 11) is 4.17. The number of pyridine rings is 1. The molecular weight excluding hydrogens is 493 g/mol. The number of ether oxygens (including phenoxy) is 1. The van der Waals surface area contributed by atoms with Crippen molar-refractivity contribution in [2.45, 2.75) is 76.9 Å². The number of imidazole rings is 1. The summed E-state index contributed by atoms with van der Waals surface area (Å²) in [5.41, 5.74) is 7.58. The van der Waals surface area contributed by atoms with Crippen molar-refractivity contribution in [3.63, 3.8) is 0 Å². The smallest absolute Gasteiger partial charge is 0.254 e. The minimum absolute atomic E-state index is 0.0219. The summed E-state index contributed by atoms with van der Waals surface area (Å²) < 4.78 is 22.0. The van der Waals surface area contributed by atoms with Gasteiger partial charge in [0.2, 0.25) is 0 Å². The zero-order valence-corrected chi connectivity index (χ0v) is 23.5. The topological polar surface area (TPSA) is 63.5 Å². The number of hydrogen-bond donors (Lipinski definition) is 0. The lowest BCUT2D eigenvalue weighted by molar-refractivity contribution is 0.0633. The number of carbonyl (C=O) groups is 1. The Balaban J connectivity index is 1.39. The van der Waals surface area contributed by atoms with E-state index in [9.17, 15) is 9.18 Å². The molecule has 0 unspecified atom stereocenters. The fraction of sp³-hybridized carbons (Fsp3) is 0.516. The third-order valence-electron chi connectivity index (χ3n) is 8.61. The molecule has 1 amide bonds. The van der Waals surface area contributed by atoms with Gasteiger partial charge in [0.15, 0.2) is 11.6 Å². The number of halogens is 1. The molecular formula is C31H38FN5O2. The van der Waals surface area contributed by atoms with Crippen molar-refractivity contribution >= 4 is 5.91 Å². The summed E-state index contributed by atoms with van der Waals surface area (Å²) in [6, 6.07) is 5.78. The van der Waals surface area contributed by atoms with Crippen LogP contribution in [-0.4, -0.2) is 57.5 Å². The van der Waals surface area contributed by atoms with Crippen molar-refractivity contribution < 1.29 is 13.9 Å². The maximum absolute atomic E-state index is 14.2. The molecule has 2 aliphatic carbocycles. The Morgan fingerprint density at radius 3 is 2.69 bits per heavy atom. The number of rotatable bonds is 8. The van der Waals surface area contributed by atoms with Crippen LogP contribution in [0.1, 0.15) is 89.7 Å². The fourth-order valence-corrected chi connectivity index (χ4v) is 6.58. The van der Waals surface area contributed by atoms with Gasteiger partial charge in [0.25, 0.3) is 5.91 Å².